The molecule has 2 aliphatic heterocycles. The quantitative estimate of drug-likeness (QED) is 0.895. The smallest absolute Gasteiger partial charge is 0.214 e. The van der Waals surface area contributed by atoms with Gasteiger partial charge in [0.05, 0.1) is 5.75 Å². The zero-order valence-electron chi connectivity index (χ0n) is 11.5. The van der Waals surface area contributed by atoms with E-state index in [9.17, 15) is 8.42 Å². The number of aryl methyl sites for hydroxylation is 1. The van der Waals surface area contributed by atoms with Gasteiger partial charge < -0.3 is 5.73 Å². The van der Waals surface area contributed by atoms with E-state index < -0.39 is 10.0 Å². The van der Waals surface area contributed by atoms with E-state index in [-0.39, 0.29) is 23.9 Å². The molecule has 2 saturated heterocycles. The Morgan fingerprint density at radius 1 is 1.20 bits per heavy atom. The highest BCUT2D eigenvalue weighted by Crippen LogP contribution is 2.37. The second kappa shape index (κ2) is 5.42. The average Bonchev–Trinajstić information content (AvgIpc) is 2.72. The van der Waals surface area contributed by atoms with Gasteiger partial charge in [-0.05, 0) is 49.8 Å². The van der Waals surface area contributed by atoms with Gasteiger partial charge in [0.15, 0.2) is 0 Å². The molecule has 0 aromatic carbocycles. The fourth-order valence-corrected chi connectivity index (χ4v) is 5.53. The minimum Gasteiger partial charge on any atom is -0.328 e. The molecular weight excluding hydrogens is 274 g/mol. The first-order valence-corrected chi connectivity index (χ1v) is 8.83. The van der Waals surface area contributed by atoms with E-state index in [1.165, 1.54) is 0 Å². The third-order valence-electron chi connectivity index (χ3n) is 4.42. The molecule has 1 aromatic heterocycles. The number of pyridine rings is 1. The van der Waals surface area contributed by atoms with Crippen molar-refractivity contribution in [3.8, 4) is 0 Å². The topological polar surface area (TPSA) is 76.3 Å². The maximum atomic E-state index is 12.6. The number of piperidine rings is 1. The molecule has 2 fully saturated rings. The highest BCUT2D eigenvalue weighted by molar-refractivity contribution is 7.89. The highest BCUT2D eigenvalue weighted by Gasteiger charge is 2.45. The lowest BCUT2D eigenvalue weighted by Crippen LogP contribution is -2.50. The molecule has 2 unspecified atom stereocenters. The molecule has 2 aliphatic rings. The lowest BCUT2D eigenvalue weighted by atomic mass is 10.0. The number of sulfonamides is 1. The van der Waals surface area contributed by atoms with Crippen LogP contribution in [-0.2, 0) is 16.4 Å². The van der Waals surface area contributed by atoms with Crippen molar-refractivity contribution in [3.63, 3.8) is 0 Å². The van der Waals surface area contributed by atoms with E-state index in [0.29, 0.717) is 6.42 Å². The van der Waals surface area contributed by atoms with Crippen LogP contribution in [-0.4, -0.2) is 41.6 Å². The van der Waals surface area contributed by atoms with Crippen LogP contribution in [0.5, 0.6) is 0 Å². The van der Waals surface area contributed by atoms with Crippen molar-refractivity contribution in [1.82, 2.24) is 9.29 Å². The molecule has 3 heterocycles. The first-order chi connectivity index (χ1) is 9.56. The Kier molecular flexibility index (Phi) is 3.79. The minimum absolute atomic E-state index is 0.131. The summed E-state index contributed by atoms with van der Waals surface area (Å²) in [5.41, 5.74) is 7.02. The van der Waals surface area contributed by atoms with Crippen LogP contribution in [0.1, 0.15) is 31.2 Å². The zero-order valence-corrected chi connectivity index (χ0v) is 12.3. The first kappa shape index (κ1) is 14.0. The number of fused-ring (bicyclic) bond motifs is 2. The Labute approximate surface area is 120 Å². The molecular formula is C14H21N3O2S. The van der Waals surface area contributed by atoms with Crippen molar-refractivity contribution >= 4 is 10.0 Å². The third kappa shape index (κ3) is 2.73. The number of hydrogen-bond donors (Lipinski definition) is 1. The van der Waals surface area contributed by atoms with E-state index in [1.54, 1.807) is 16.7 Å². The normalized spacial score (nSPS) is 30.6. The van der Waals surface area contributed by atoms with Gasteiger partial charge >= 0.3 is 0 Å². The van der Waals surface area contributed by atoms with E-state index in [2.05, 4.69) is 4.98 Å². The molecule has 1 aromatic rings. The fraction of sp³-hybridized carbons (Fsp3) is 0.643. The van der Waals surface area contributed by atoms with Gasteiger partial charge in [-0.1, -0.05) is 0 Å². The van der Waals surface area contributed by atoms with Gasteiger partial charge in [-0.3, -0.25) is 4.98 Å². The second-order valence-electron chi connectivity index (χ2n) is 5.87. The molecule has 3 rings (SSSR count). The summed E-state index contributed by atoms with van der Waals surface area (Å²) in [6.45, 7) is 0. The Morgan fingerprint density at radius 3 is 2.40 bits per heavy atom. The van der Waals surface area contributed by atoms with Crippen LogP contribution in [0, 0.1) is 0 Å². The number of nitrogens with zero attached hydrogens (tertiary/aromatic N) is 2. The molecule has 2 bridgehead atoms. The largest absolute Gasteiger partial charge is 0.328 e. The summed E-state index contributed by atoms with van der Waals surface area (Å²) in [6.07, 6.45) is 7.50. The summed E-state index contributed by atoms with van der Waals surface area (Å²) in [7, 11) is -3.18. The van der Waals surface area contributed by atoms with Crippen molar-refractivity contribution in [2.75, 3.05) is 5.75 Å². The first-order valence-electron chi connectivity index (χ1n) is 7.22. The fourth-order valence-electron chi connectivity index (χ4n) is 3.53. The van der Waals surface area contributed by atoms with Crippen LogP contribution in [0.2, 0.25) is 0 Å². The van der Waals surface area contributed by atoms with Gasteiger partial charge in [-0.25, -0.2) is 8.42 Å². The van der Waals surface area contributed by atoms with Crippen LogP contribution in [0.3, 0.4) is 0 Å². The van der Waals surface area contributed by atoms with Gasteiger partial charge in [0.25, 0.3) is 0 Å². The second-order valence-corrected chi connectivity index (χ2v) is 7.86. The Balaban J connectivity index is 1.70. The van der Waals surface area contributed by atoms with Crippen LogP contribution in [0.25, 0.3) is 0 Å². The lowest BCUT2D eigenvalue weighted by molar-refractivity contribution is 0.227. The number of rotatable bonds is 4. The van der Waals surface area contributed by atoms with Gasteiger partial charge in [0, 0.05) is 30.5 Å². The number of nitrogens with two attached hydrogens (primary N) is 1. The predicted molar refractivity (Wildman–Crippen MR) is 77.6 cm³/mol. The van der Waals surface area contributed by atoms with Gasteiger partial charge in [0.1, 0.15) is 0 Å². The molecule has 2 N–H and O–H groups in total. The van der Waals surface area contributed by atoms with E-state index in [4.69, 9.17) is 5.73 Å². The van der Waals surface area contributed by atoms with Crippen LogP contribution >= 0.6 is 0 Å². The van der Waals surface area contributed by atoms with Crippen molar-refractivity contribution in [1.29, 1.82) is 0 Å². The molecule has 0 saturated carbocycles. The maximum Gasteiger partial charge on any atom is 0.214 e. The molecule has 0 spiro atoms. The molecule has 0 aliphatic carbocycles. The van der Waals surface area contributed by atoms with Gasteiger partial charge in [-0.2, -0.15) is 4.31 Å². The maximum absolute atomic E-state index is 12.6. The zero-order chi connectivity index (χ0) is 14.2. The standard InChI is InChI=1S/C14H21N3O2S/c15-12-9-13-1-2-14(10-12)17(13)20(18,19)8-5-11-3-6-16-7-4-11/h3-4,6-7,12-14H,1-2,5,8-10,15H2. The monoisotopic (exact) mass is 295 g/mol. The SMILES string of the molecule is NC1CC2CCC(C1)N2S(=O)(=O)CCc1ccncc1. The van der Waals surface area contributed by atoms with Crippen LogP contribution < -0.4 is 5.73 Å². The van der Waals surface area contributed by atoms with Crippen molar-refractivity contribution in [2.24, 2.45) is 5.73 Å². The molecule has 20 heavy (non-hydrogen) atoms. The summed E-state index contributed by atoms with van der Waals surface area (Å²) in [4.78, 5) is 3.95. The van der Waals surface area contributed by atoms with E-state index in [0.717, 1.165) is 31.2 Å². The molecule has 6 heteroatoms. The number of hydrogen-bond acceptors (Lipinski definition) is 4. The van der Waals surface area contributed by atoms with E-state index in [1.807, 2.05) is 12.1 Å². The minimum atomic E-state index is -3.18. The summed E-state index contributed by atoms with van der Waals surface area (Å²) in [6, 6.07) is 4.17. The summed E-state index contributed by atoms with van der Waals surface area (Å²) < 4.78 is 27.0. The van der Waals surface area contributed by atoms with Crippen LogP contribution in [0.15, 0.2) is 24.5 Å². The van der Waals surface area contributed by atoms with Gasteiger partial charge in [-0.15, -0.1) is 0 Å². The summed E-state index contributed by atoms with van der Waals surface area (Å²) in [5, 5.41) is 0. The number of aromatic nitrogens is 1. The third-order valence-corrected chi connectivity index (χ3v) is 6.38. The molecule has 5 nitrogen and oxygen atoms in total. The van der Waals surface area contributed by atoms with E-state index >= 15 is 0 Å². The molecule has 0 amide bonds. The Hall–Kier alpha value is -0.980. The van der Waals surface area contributed by atoms with Gasteiger partial charge in [0.2, 0.25) is 10.0 Å². The summed E-state index contributed by atoms with van der Waals surface area (Å²) >= 11 is 0. The molecule has 110 valence electrons. The van der Waals surface area contributed by atoms with Crippen molar-refractivity contribution in [3.05, 3.63) is 30.1 Å². The predicted octanol–water partition coefficient (Wildman–Crippen LogP) is 0.908. The van der Waals surface area contributed by atoms with Crippen molar-refractivity contribution in [2.45, 2.75) is 50.2 Å². The summed E-state index contributed by atoms with van der Waals surface area (Å²) in [5.74, 6) is 0.180. The van der Waals surface area contributed by atoms with Crippen molar-refractivity contribution < 1.29 is 8.42 Å². The van der Waals surface area contributed by atoms with Crippen LogP contribution in [0.4, 0.5) is 0 Å². The lowest BCUT2D eigenvalue weighted by Gasteiger charge is -2.36. The Bertz CT molecular complexity index is 547. The molecule has 0 radical (unpaired) electrons. The average molecular weight is 295 g/mol. The molecule has 2 atom stereocenters. The highest BCUT2D eigenvalue weighted by atomic mass is 32.2. The Morgan fingerprint density at radius 2 is 1.80 bits per heavy atom.